The van der Waals surface area contributed by atoms with E-state index in [0.29, 0.717) is 39.8 Å². The molecule has 49 heavy (non-hydrogen) atoms. The molecule has 0 bridgehead atoms. The van der Waals surface area contributed by atoms with Gasteiger partial charge >= 0.3 is 6.09 Å². The number of halogens is 3. The third kappa shape index (κ3) is 9.09. The molecule has 1 saturated heterocycles. The third-order valence-electron chi connectivity index (χ3n) is 7.41. The molecule has 5 aromatic rings. The second kappa shape index (κ2) is 17.0. The van der Waals surface area contributed by atoms with Gasteiger partial charge < -0.3 is 18.9 Å². The smallest absolute Gasteiger partial charge is 0.438 e. The molecule has 12 nitrogen and oxygen atoms in total. The monoisotopic (exact) mass is 728 g/mol. The summed E-state index contributed by atoms with van der Waals surface area (Å²) in [5.41, 5.74) is 2.90. The van der Waals surface area contributed by atoms with E-state index in [1.807, 2.05) is 30.3 Å². The lowest BCUT2D eigenvalue weighted by Crippen LogP contribution is -2.34. The second-order valence-corrected chi connectivity index (χ2v) is 12.0. The lowest BCUT2D eigenvalue weighted by molar-refractivity contribution is -0.189. The number of carbonyl (C=O) groups is 1. The summed E-state index contributed by atoms with van der Waals surface area (Å²) in [5.74, 6) is -0.517. The highest BCUT2D eigenvalue weighted by atomic mass is 35.5. The average molecular weight is 730 g/mol. The molecule has 2 atom stereocenters. The first kappa shape index (κ1) is 36.1. The normalized spacial score (nSPS) is 16.9. The van der Waals surface area contributed by atoms with E-state index in [0.717, 1.165) is 34.7 Å². The number of hydrogen-bond donors (Lipinski definition) is 0. The fourth-order valence-corrected chi connectivity index (χ4v) is 5.80. The van der Waals surface area contributed by atoms with Crippen molar-refractivity contribution in [1.29, 1.82) is 0 Å². The van der Waals surface area contributed by atoms with Crippen LogP contribution in [0.15, 0.2) is 91.6 Å². The Morgan fingerprint density at radius 3 is 2.51 bits per heavy atom. The number of anilines is 1. The van der Waals surface area contributed by atoms with Crippen molar-refractivity contribution in [2.45, 2.75) is 44.8 Å². The number of ether oxygens (including phenoxy) is 4. The number of amides is 1. The molecule has 1 aliphatic heterocycles. The Bertz CT molecular complexity index is 1810. The highest BCUT2D eigenvalue weighted by Gasteiger charge is 2.45. The van der Waals surface area contributed by atoms with Crippen molar-refractivity contribution < 1.29 is 28.6 Å². The van der Waals surface area contributed by atoms with Crippen LogP contribution in [0.1, 0.15) is 30.9 Å². The van der Waals surface area contributed by atoms with E-state index < -0.39 is 11.9 Å². The van der Waals surface area contributed by atoms with E-state index in [4.69, 9.17) is 58.6 Å². The maximum absolute atomic E-state index is 11.9. The molecule has 3 aromatic carbocycles. The number of hydroxylamine groups is 1. The highest BCUT2D eigenvalue weighted by molar-refractivity contribution is 6.35. The van der Waals surface area contributed by atoms with Crippen molar-refractivity contribution >= 4 is 46.6 Å². The Balaban J connectivity index is 0.000000195. The zero-order chi connectivity index (χ0) is 34.8. The summed E-state index contributed by atoms with van der Waals surface area (Å²) >= 11 is 18.3. The summed E-state index contributed by atoms with van der Waals surface area (Å²) in [7, 11) is 2.68. The molecule has 0 saturated carbocycles. The van der Waals surface area contributed by atoms with E-state index in [9.17, 15) is 4.79 Å². The zero-order valence-electron chi connectivity index (χ0n) is 27.0. The van der Waals surface area contributed by atoms with Gasteiger partial charge in [-0.05, 0) is 48.9 Å². The molecule has 6 rings (SSSR count). The average Bonchev–Trinajstić information content (AvgIpc) is 3.88. The molecule has 0 radical (unpaired) electrons. The first-order valence-electron chi connectivity index (χ1n) is 15.3. The van der Waals surface area contributed by atoms with E-state index in [2.05, 4.69) is 22.1 Å². The van der Waals surface area contributed by atoms with Gasteiger partial charge in [0.2, 0.25) is 11.7 Å². The van der Waals surface area contributed by atoms with E-state index in [1.54, 1.807) is 64.4 Å². The van der Waals surface area contributed by atoms with E-state index in [1.165, 1.54) is 20.5 Å². The molecule has 15 heteroatoms. The Morgan fingerprint density at radius 1 is 1.04 bits per heavy atom. The van der Waals surface area contributed by atoms with Gasteiger partial charge in [0.15, 0.2) is 0 Å². The van der Waals surface area contributed by atoms with Crippen molar-refractivity contribution in [1.82, 2.24) is 24.5 Å². The van der Waals surface area contributed by atoms with E-state index >= 15 is 0 Å². The molecule has 0 aliphatic carbocycles. The van der Waals surface area contributed by atoms with Crippen LogP contribution in [0, 0.1) is 0 Å². The van der Waals surface area contributed by atoms with Gasteiger partial charge in [0, 0.05) is 33.4 Å². The standard InChI is InChI=1S/C19H18ClN3O4.C15H17Cl2N3O2/c1-25-19(24)23(26-2)17-6-4-3-5-14(17)13-27-18-11-12-22(21-18)16-9-7-15(20)8-10-16;1-2-3-12-7-21-15(22-12,8-20-10-18-9-19-20)13-5-4-11(16)6-14(13)17/h3-12H,13H2,1-2H3;4-6,9-10,12H,2-3,7-8H2,1H3. The summed E-state index contributed by atoms with van der Waals surface area (Å²) < 4.78 is 26.2. The predicted octanol–water partition coefficient (Wildman–Crippen LogP) is 7.89. The number of rotatable bonds is 11. The zero-order valence-corrected chi connectivity index (χ0v) is 29.3. The molecule has 1 amide bonds. The molecular weight excluding hydrogens is 695 g/mol. The van der Waals surface area contributed by atoms with Crippen molar-refractivity contribution in [2.24, 2.45) is 0 Å². The van der Waals surface area contributed by atoms with Gasteiger partial charge in [0.25, 0.3) is 0 Å². The molecule has 0 spiro atoms. The van der Waals surface area contributed by atoms with Crippen molar-refractivity contribution in [2.75, 3.05) is 25.9 Å². The van der Waals surface area contributed by atoms with Crippen molar-refractivity contribution in [3.05, 3.63) is 118 Å². The Hall–Kier alpha value is -4.17. The summed E-state index contributed by atoms with van der Waals surface area (Å²) in [4.78, 5) is 21.0. The maximum Gasteiger partial charge on any atom is 0.438 e. The first-order chi connectivity index (χ1) is 23.7. The molecule has 1 aliphatic rings. The number of methoxy groups -OCH3 is 1. The Morgan fingerprint density at radius 2 is 1.82 bits per heavy atom. The second-order valence-electron chi connectivity index (χ2n) is 10.7. The van der Waals surface area contributed by atoms with Gasteiger partial charge in [-0.15, -0.1) is 5.10 Å². The van der Waals surface area contributed by atoms with Crippen LogP contribution in [-0.2, 0) is 38.0 Å². The van der Waals surface area contributed by atoms with E-state index in [-0.39, 0.29) is 12.7 Å². The number of benzene rings is 3. The fourth-order valence-electron chi connectivity index (χ4n) is 5.12. The molecule has 1 fully saturated rings. The molecule has 3 heterocycles. The van der Waals surface area contributed by atoms with Gasteiger partial charge in [0.1, 0.15) is 25.8 Å². The SMILES string of the molecule is CCCC1COC(Cn2cncn2)(c2ccc(Cl)cc2Cl)O1.COC(=O)N(OC)c1ccccc1COc1ccn(-c2ccc(Cl)cc2)n1. The number of nitrogens with zero attached hydrogens (tertiary/aromatic N) is 6. The largest absolute Gasteiger partial charge is 0.472 e. The molecule has 2 unspecified atom stereocenters. The Kier molecular flexibility index (Phi) is 12.5. The first-order valence-corrected chi connectivity index (χ1v) is 16.4. The summed E-state index contributed by atoms with van der Waals surface area (Å²) in [6, 6.07) is 21.6. The fraction of sp³-hybridized carbons (Fsp3) is 0.294. The molecular formula is C34H35Cl3N6O6. The summed E-state index contributed by atoms with van der Waals surface area (Å²) in [6.45, 7) is 3.23. The highest BCUT2D eigenvalue weighted by Crippen LogP contribution is 2.41. The van der Waals surface area contributed by atoms with Gasteiger partial charge in [0.05, 0.1) is 43.3 Å². The van der Waals surface area contributed by atoms with Gasteiger partial charge in [-0.1, -0.05) is 72.4 Å². The lowest BCUT2D eigenvalue weighted by Gasteiger charge is -2.29. The van der Waals surface area contributed by atoms with Crippen molar-refractivity contribution in [3.8, 4) is 11.6 Å². The van der Waals surface area contributed by atoms with Gasteiger partial charge in [-0.2, -0.15) is 10.2 Å². The number of aromatic nitrogens is 5. The van der Waals surface area contributed by atoms with Crippen LogP contribution in [0.4, 0.5) is 10.5 Å². The van der Waals surface area contributed by atoms with Crippen LogP contribution in [0.2, 0.25) is 15.1 Å². The Labute approximate surface area is 298 Å². The lowest BCUT2D eigenvalue weighted by atomic mass is 10.1. The summed E-state index contributed by atoms with van der Waals surface area (Å²) in [6.07, 6.45) is 6.28. The van der Waals surface area contributed by atoms with Crippen LogP contribution in [0.3, 0.4) is 0 Å². The number of hydrogen-bond acceptors (Lipinski definition) is 9. The quantitative estimate of drug-likeness (QED) is 0.125. The number of para-hydroxylation sites is 1. The van der Waals surface area contributed by atoms with Gasteiger partial charge in [-0.25, -0.2) is 19.1 Å². The van der Waals surface area contributed by atoms with Gasteiger partial charge in [-0.3, -0.25) is 4.84 Å². The molecule has 2 aromatic heterocycles. The predicted molar refractivity (Wildman–Crippen MR) is 185 cm³/mol. The minimum Gasteiger partial charge on any atom is -0.472 e. The minimum absolute atomic E-state index is 0.0419. The topological polar surface area (TPSA) is 115 Å². The summed E-state index contributed by atoms with van der Waals surface area (Å²) in [5, 5.41) is 11.3. The minimum atomic E-state index is -0.963. The molecule has 0 N–H and O–H groups in total. The van der Waals surface area contributed by atoms with Crippen LogP contribution >= 0.6 is 34.8 Å². The third-order valence-corrected chi connectivity index (χ3v) is 8.21. The van der Waals surface area contributed by atoms with Crippen LogP contribution in [0.25, 0.3) is 5.69 Å². The van der Waals surface area contributed by atoms with Crippen molar-refractivity contribution in [3.63, 3.8) is 0 Å². The van der Waals surface area contributed by atoms with Crippen LogP contribution in [-0.4, -0.2) is 57.6 Å². The number of carbonyl (C=O) groups excluding carboxylic acids is 1. The van der Waals surface area contributed by atoms with Crippen LogP contribution < -0.4 is 9.80 Å². The molecule has 258 valence electrons. The van der Waals surface area contributed by atoms with Crippen LogP contribution in [0.5, 0.6) is 5.88 Å². The maximum atomic E-state index is 11.9.